The van der Waals surface area contributed by atoms with E-state index < -0.39 is 0 Å². The first-order chi connectivity index (χ1) is 6.83. The van der Waals surface area contributed by atoms with E-state index in [-0.39, 0.29) is 11.6 Å². The Bertz CT molecular complexity index is 141. The molecule has 0 N–H and O–H groups in total. The van der Waals surface area contributed by atoms with Crippen molar-refractivity contribution in [3.05, 3.63) is 0 Å². The zero-order valence-corrected chi connectivity index (χ0v) is 11.4. The van der Waals surface area contributed by atoms with E-state index in [0.717, 1.165) is 0 Å². The SMILES string of the molecule is CC(=O)OC(C)(C)C.CCCCCCC. The van der Waals surface area contributed by atoms with Crippen LogP contribution in [0.25, 0.3) is 0 Å². The lowest BCUT2D eigenvalue weighted by molar-refractivity contribution is -0.151. The summed E-state index contributed by atoms with van der Waals surface area (Å²) in [6.07, 6.45) is 7.01. The van der Waals surface area contributed by atoms with E-state index in [9.17, 15) is 4.79 Å². The van der Waals surface area contributed by atoms with Crippen LogP contribution in [-0.2, 0) is 9.53 Å². The van der Waals surface area contributed by atoms with Crippen LogP contribution in [0.3, 0.4) is 0 Å². The maximum atomic E-state index is 10.2. The molecule has 0 atom stereocenters. The lowest BCUT2D eigenvalue weighted by Gasteiger charge is -2.17. The van der Waals surface area contributed by atoms with Crippen molar-refractivity contribution in [2.24, 2.45) is 0 Å². The fraction of sp³-hybridized carbons (Fsp3) is 0.923. The van der Waals surface area contributed by atoms with Crippen molar-refractivity contribution in [1.82, 2.24) is 0 Å². The summed E-state index contributed by atoms with van der Waals surface area (Å²) in [5, 5.41) is 0. The van der Waals surface area contributed by atoms with Gasteiger partial charge >= 0.3 is 5.97 Å². The zero-order chi connectivity index (χ0) is 12.3. The molecular formula is C13H28O2. The molecule has 0 bridgehead atoms. The first-order valence-corrected chi connectivity index (χ1v) is 6.03. The summed E-state index contributed by atoms with van der Waals surface area (Å²) in [5.41, 5.74) is -0.328. The van der Waals surface area contributed by atoms with Crippen LogP contribution in [0, 0.1) is 0 Å². The smallest absolute Gasteiger partial charge is 0.303 e. The Balaban J connectivity index is 0. The highest BCUT2D eigenvalue weighted by Crippen LogP contribution is 2.05. The molecule has 92 valence electrons. The molecule has 0 aliphatic rings. The van der Waals surface area contributed by atoms with Crippen LogP contribution in [-0.4, -0.2) is 11.6 Å². The van der Waals surface area contributed by atoms with E-state index in [2.05, 4.69) is 13.8 Å². The topological polar surface area (TPSA) is 26.3 Å². The minimum Gasteiger partial charge on any atom is -0.460 e. The van der Waals surface area contributed by atoms with Gasteiger partial charge in [0.05, 0.1) is 0 Å². The molecule has 2 heteroatoms. The molecule has 0 saturated heterocycles. The highest BCUT2D eigenvalue weighted by Gasteiger charge is 2.11. The van der Waals surface area contributed by atoms with Gasteiger partial charge in [-0.25, -0.2) is 0 Å². The van der Waals surface area contributed by atoms with Gasteiger partial charge in [0, 0.05) is 6.92 Å². The summed E-state index contributed by atoms with van der Waals surface area (Å²) in [4.78, 5) is 10.2. The van der Waals surface area contributed by atoms with Crippen LogP contribution in [0.2, 0.25) is 0 Å². The Morgan fingerprint density at radius 1 is 1.00 bits per heavy atom. The number of esters is 1. The Morgan fingerprint density at radius 3 is 1.53 bits per heavy atom. The minimum absolute atomic E-state index is 0.225. The third-order valence-electron chi connectivity index (χ3n) is 1.66. The number of ether oxygens (including phenoxy) is 1. The van der Waals surface area contributed by atoms with Crippen molar-refractivity contribution in [2.75, 3.05) is 0 Å². The summed E-state index contributed by atoms with van der Waals surface area (Å²) in [6.45, 7) is 11.4. The third-order valence-corrected chi connectivity index (χ3v) is 1.66. The van der Waals surface area contributed by atoms with Crippen molar-refractivity contribution >= 4 is 5.97 Å². The summed E-state index contributed by atoms with van der Waals surface area (Å²) in [5.74, 6) is -0.225. The molecule has 0 aromatic carbocycles. The lowest BCUT2D eigenvalue weighted by atomic mass is 10.2. The van der Waals surface area contributed by atoms with Crippen LogP contribution in [0.15, 0.2) is 0 Å². The Labute approximate surface area is 95.4 Å². The maximum Gasteiger partial charge on any atom is 0.303 e. The standard InChI is InChI=1S/C7H16.C6H12O2/c1-3-5-7-6-4-2;1-5(7)8-6(2,3)4/h3-7H2,1-2H3;1-4H3. The largest absolute Gasteiger partial charge is 0.460 e. The predicted octanol–water partition coefficient (Wildman–Crippen LogP) is 4.32. The molecule has 0 heterocycles. The molecule has 0 saturated carbocycles. The highest BCUT2D eigenvalue weighted by atomic mass is 16.6. The van der Waals surface area contributed by atoms with Crippen molar-refractivity contribution in [3.63, 3.8) is 0 Å². The van der Waals surface area contributed by atoms with Gasteiger partial charge in [0.15, 0.2) is 0 Å². The minimum atomic E-state index is -0.328. The van der Waals surface area contributed by atoms with Crippen LogP contribution in [0.4, 0.5) is 0 Å². The monoisotopic (exact) mass is 216 g/mol. The molecule has 0 aromatic rings. The highest BCUT2D eigenvalue weighted by molar-refractivity contribution is 5.66. The van der Waals surface area contributed by atoms with Gasteiger partial charge in [0.25, 0.3) is 0 Å². The molecule has 0 aliphatic carbocycles. The van der Waals surface area contributed by atoms with E-state index in [1.165, 1.54) is 39.0 Å². The lowest BCUT2D eigenvalue weighted by Crippen LogP contribution is -2.21. The Morgan fingerprint density at radius 2 is 1.40 bits per heavy atom. The molecule has 2 nitrogen and oxygen atoms in total. The van der Waals surface area contributed by atoms with Crippen LogP contribution in [0.5, 0.6) is 0 Å². The van der Waals surface area contributed by atoms with Gasteiger partial charge in [-0.15, -0.1) is 0 Å². The fourth-order valence-corrected chi connectivity index (χ4v) is 1.11. The summed E-state index contributed by atoms with van der Waals surface area (Å²) < 4.78 is 4.80. The molecule has 0 amide bonds. The summed E-state index contributed by atoms with van der Waals surface area (Å²) in [7, 11) is 0. The van der Waals surface area contributed by atoms with E-state index in [1.807, 2.05) is 20.8 Å². The summed E-state index contributed by atoms with van der Waals surface area (Å²) >= 11 is 0. The second-order valence-corrected chi connectivity index (χ2v) is 4.77. The van der Waals surface area contributed by atoms with Crippen molar-refractivity contribution in [1.29, 1.82) is 0 Å². The number of rotatable bonds is 4. The molecule has 0 aliphatic heterocycles. The third kappa shape index (κ3) is 24.7. The number of unbranched alkanes of at least 4 members (excludes halogenated alkanes) is 4. The molecule has 0 rings (SSSR count). The van der Waals surface area contributed by atoms with Gasteiger partial charge in [0.2, 0.25) is 0 Å². The second kappa shape index (κ2) is 10.0. The summed E-state index contributed by atoms with van der Waals surface area (Å²) in [6, 6.07) is 0. The molecule has 0 spiro atoms. The van der Waals surface area contributed by atoms with E-state index in [4.69, 9.17) is 4.74 Å². The molecule has 0 fully saturated rings. The average molecular weight is 216 g/mol. The number of carbonyl (C=O) groups is 1. The van der Waals surface area contributed by atoms with Crippen molar-refractivity contribution in [3.8, 4) is 0 Å². The van der Waals surface area contributed by atoms with Crippen molar-refractivity contribution in [2.45, 2.75) is 79.2 Å². The Kier molecular flexibility index (Phi) is 11.3. The van der Waals surface area contributed by atoms with Crippen LogP contribution < -0.4 is 0 Å². The van der Waals surface area contributed by atoms with Gasteiger partial charge in [0.1, 0.15) is 5.60 Å². The van der Waals surface area contributed by atoms with Gasteiger partial charge < -0.3 is 4.74 Å². The normalized spacial score (nSPS) is 10.3. The number of hydrogen-bond acceptors (Lipinski definition) is 2. The second-order valence-electron chi connectivity index (χ2n) is 4.77. The fourth-order valence-electron chi connectivity index (χ4n) is 1.11. The molecule has 15 heavy (non-hydrogen) atoms. The first kappa shape index (κ1) is 16.9. The zero-order valence-electron chi connectivity index (χ0n) is 11.4. The molecule has 0 radical (unpaired) electrons. The van der Waals surface area contributed by atoms with E-state index >= 15 is 0 Å². The average Bonchev–Trinajstić information content (AvgIpc) is 2.01. The molecule has 0 unspecified atom stereocenters. The first-order valence-electron chi connectivity index (χ1n) is 6.03. The van der Waals surface area contributed by atoms with Gasteiger partial charge in [-0.3, -0.25) is 4.79 Å². The van der Waals surface area contributed by atoms with Crippen LogP contribution >= 0.6 is 0 Å². The van der Waals surface area contributed by atoms with Gasteiger partial charge in [-0.2, -0.15) is 0 Å². The number of hydrogen-bond donors (Lipinski definition) is 0. The quantitative estimate of drug-likeness (QED) is 0.516. The van der Waals surface area contributed by atoms with Crippen molar-refractivity contribution < 1.29 is 9.53 Å². The number of carbonyl (C=O) groups excluding carboxylic acids is 1. The van der Waals surface area contributed by atoms with E-state index in [0.29, 0.717) is 0 Å². The van der Waals surface area contributed by atoms with Gasteiger partial charge in [-0.05, 0) is 20.8 Å². The predicted molar refractivity (Wildman–Crippen MR) is 66.0 cm³/mol. The van der Waals surface area contributed by atoms with E-state index in [1.54, 1.807) is 0 Å². The molecule has 0 aromatic heterocycles. The maximum absolute atomic E-state index is 10.2. The Hall–Kier alpha value is -0.530. The van der Waals surface area contributed by atoms with Gasteiger partial charge in [-0.1, -0.05) is 46.0 Å². The molecular weight excluding hydrogens is 188 g/mol. The van der Waals surface area contributed by atoms with Crippen LogP contribution in [0.1, 0.15) is 73.6 Å².